The molecule has 0 aliphatic heterocycles. The first-order chi connectivity index (χ1) is 10.4. The van der Waals surface area contributed by atoms with E-state index in [1.165, 1.54) is 12.3 Å². The van der Waals surface area contributed by atoms with Gasteiger partial charge in [-0.15, -0.1) is 0 Å². The van der Waals surface area contributed by atoms with E-state index in [4.69, 9.17) is 0 Å². The highest BCUT2D eigenvalue weighted by Gasteiger charge is 2.30. The Bertz CT molecular complexity index is 654. The van der Waals surface area contributed by atoms with Crippen molar-refractivity contribution in [2.75, 3.05) is 0 Å². The van der Waals surface area contributed by atoms with Gasteiger partial charge in [0.2, 0.25) is 5.91 Å². The highest BCUT2D eigenvalue weighted by Crippen LogP contribution is 2.29. The predicted molar refractivity (Wildman–Crippen MR) is 74.6 cm³/mol. The molecule has 1 N–H and O–H groups in total. The van der Waals surface area contributed by atoms with Gasteiger partial charge in [0.25, 0.3) is 0 Å². The van der Waals surface area contributed by atoms with Gasteiger partial charge in [0, 0.05) is 24.4 Å². The second-order valence-electron chi connectivity index (χ2n) is 4.60. The lowest BCUT2D eigenvalue weighted by Crippen LogP contribution is -2.21. The lowest BCUT2D eigenvalue weighted by atomic mass is 10.1. The molecule has 0 saturated carbocycles. The molecule has 0 aromatic carbocycles. The maximum Gasteiger partial charge on any atom is 0.417 e. The Labute approximate surface area is 125 Å². The van der Waals surface area contributed by atoms with Crippen molar-refractivity contribution in [2.24, 2.45) is 0 Å². The number of amides is 1. The second kappa shape index (κ2) is 6.55. The Morgan fingerprint density at radius 2 is 2.00 bits per heavy atom. The highest BCUT2D eigenvalue weighted by molar-refractivity contribution is 5.75. The summed E-state index contributed by atoms with van der Waals surface area (Å²) in [7, 11) is 0. The summed E-state index contributed by atoms with van der Waals surface area (Å²) in [6, 6.07) is 5.64. The van der Waals surface area contributed by atoms with E-state index >= 15 is 0 Å². The van der Waals surface area contributed by atoms with Crippen molar-refractivity contribution in [3.63, 3.8) is 0 Å². The van der Waals surface area contributed by atoms with Crippen molar-refractivity contribution in [3.05, 3.63) is 47.9 Å². The smallest absolute Gasteiger partial charge is 0.350 e. The van der Waals surface area contributed by atoms with Crippen LogP contribution in [0.1, 0.15) is 24.6 Å². The van der Waals surface area contributed by atoms with E-state index in [2.05, 4.69) is 15.3 Å². The molecule has 0 spiro atoms. The van der Waals surface area contributed by atoms with E-state index < -0.39 is 11.7 Å². The minimum Gasteiger partial charge on any atom is -0.350 e. The van der Waals surface area contributed by atoms with Crippen molar-refractivity contribution in [3.8, 4) is 11.3 Å². The SMILES string of the molecule is CCC(=O)NCc1cc(-c2ccc(C(F)(F)F)cn2)ccn1. The molecule has 4 nitrogen and oxygen atoms in total. The van der Waals surface area contributed by atoms with Gasteiger partial charge in [-0.3, -0.25) is 14.8 Å². The second-order valence-corrected chi connectivity index (χ2v) is 4.60. The molecule has 2 aromatic heterocycles. The van der Waals surface area contributed by atoms with Crippen LogP contribution in [0.5, 0.6) is 0 Å². The third-order valence-electron chi connectivity index (χ3n) is 2.99. The number of hydrogen-bond acceptors (Lipinski definition) is 3. The van der Waals surface area contributed by atoms with Crippen LogP contribution in [0.2, 0.25) is 0 Å². The van der Waals surface area contributed by atoms with Gasteiger partial charge in [-0.2, -0.15) is 13.2 Å². The first-order valence-corrected chi connectivity index (χ1v) is 6.65. The zero-order chi connectivity index (χ0) is 16.2. The van der Waals surface area contributed by atoms with Crippen molar-refractivity contribution >= 4 is 5.91 Å². The van der Waals surface area contributed by atoms with Crippen LogP contribution in [-0.4, -0.2) is 15.9 Å². The lowest BCUT2D eigenvalue weighted by Gasteiger charge is -2.08. The largest absolute Gasteiger partial charge is 0.417 e. The molecule has 7 heteroatoms. The van der Waals surface area contributed by atoms with Crippen molar-refractivity contribution in [2.45, 2.75) is 26.1 Å². The summed E-state index contributed by atoms with van der Waals surface area (Å²) < 4.78 is 37.5. The van der Waals surface area contributed by atoms with Gasteiger partial charge in [-0.25, -0.2) is 0 Å². The highest BCUT2D eigenvalue weighted by atomic mass is 19.4. The molecule has 0 saturated heterocycles. The molecule has 0 unspecified atom stereocenters. The fourth-order valence-corrected chi connectivity index (χ4v) is 1.78. The van der Waals surface area contributed by atoms with Crippen molar-refractivity contribution in [1.29, 1.82) is 0 Å². The van der Waals surface area contributed by atoms with E-state index in [1.807, 2.05) is 0 Å². The number of halogens is 3. The van der Waals surface area contributed by atoms with Gasteiger partial charge < -0.3 is 5.32 Å². The third-order valence-corrected chi connectivity index (χ3v) is 2.99. The summed E-state index contributed by atoms with van der Waals surface area (Å²) in [4.78, 5) is 19.2. The summed E-state index contributed by atoms with van der Waals surface area (Å²) in [5, 5.41) is 2.69. The molecule has 116 valence electrons. The van der Waals surface area contributed by atoms with Crippen LogP contribution in [0, 0.1) is 0 Å². The van der Waals surface area contributed by atoms with Crippen LogP contribution >= 0.6 is 0 Å². The van der Waals surface area contributed by atoms with E-state index in [9.17, 15) is 18.0 Å². The Kier molecular flexibility index (Phi) is 4.75. The number of pyridine rings is 2. The first-order valence-electron chi connectivity index (χ1n) is 6.65. The third kappa shape index (κ3) is 4.03. The maximum atomic E-state index is 12.5. The van der Waals surface area contributed by atoms with E-state index in [1.54, 1.807) is 19.1 Å². The van der Waals surface area contributed by atoms with E-state index in [0.717, 1.165) is 12.3 Å². The quantitative estimate of drug-likeness (QED) is 0.943. The molecular formula is C15H14F3N3O. The fraction of sp³-hybridized carbons (Fsp3) is 0.267. The molecule has 22 heavy (non-hydrogen) atoms. The van der Waals surface area contributed by atoms with Gasteiger partial charge in [0.1, 0.15) is 0 Å². The zero-order valence-electron chi connectivity index (χ0n) is 11.8. The van der Waals surface area contributed by atoms with Gasteiger partial charge in [-0.1, -0.05) is 6.92 Å². The lowest BCUT2D eigenvalue weighted by molar-refractivity contribution is -0.137. The standard InChI is InChI=1S/C15H14F3N3O/c1-2-14(22)21-9-12-7-10(5-6-19-12)13-4-3-11(8-20-13)15(16,17)18/h3-8H,2,9H2,1H3,(H,21,22). The average molecular weight is 309 g/mol. The van der Waals surface area contributed by atoms with Crippen LogP contribution in [0.4, 0.5) is 13.2 Å². The van der Waals surface area contributed by atoms with Crippen LogP contribution in [0.3, 0.4) is 0 Å². The number of rotatable bonds is 4. The summed E-state index contributed by atoms with van der Waals surface area (Å²) in [5.74, 6) is -0.0974. The van der Waals surface area contributed by atoms with Gasteiger partial charge in [0.15, 0.2) is 0 Å². The fourth-order valence-electron chi connectivity index (χ4n) is 1.78. The van der Waals surface area contributed by atoms with Crippen molar-refractivity contribution < 1.29 is 18.0 Å². The monoisotopic (exact) mass is 309 g/mol. The van der Waals surface area contributed by atoms with Crippen LogP contribution < -0.4 is 5.32 Å². The normalized spacial score (nSPS) is 11.3. The number of nitrogens with one attached hydrogen (secondary N) is 1. The van der Waals surface area contributed by atoms with Gasteiger partial charge in [0.05, 0.1) is 23.5 Å². The summed E-state index contributed by atoms with van der Waals surface area (Å²) >= 11 is 0. The van der Waals surface area contributed by atoms with Crippen LogP contribution in [0.25, 0.3) is 11.3 Å². The predicted octanol–water partition coefficient (Wildman–Crippen LogP) is 3.19. The average Bonchev–Trinajstić information content (AvgIpc) is 2.52. The Hall–Kier alpha value is -2.44. The molecule has 0 aliphatic rings. The minimum absolute atomic E-state index is 0.0974. The maximum absolute atomic E-state index is 12.5. The number of aromatic nitrogens is 2. The molecule has 2 heterocycles. The van der Waals surface area contributed by atoms with Gasteiger partial charge in [-0.05, 0) is 24.3 Å². The molecular weight excluding hydrogens is 295 g/mol. The molecule has 2 rings (SSSR count). The summed E-state index contributed by atoms with van der Waals surface area (Å²) in [6.45, 7) is 2.01. The topological polar surface area (TPSA) is 54.9 Å². The molecule has 0 radical (unpaired) electrons. The molecule has 0 fully saturated rings. The first kappa shape index (κ1) is 15.9. The molecule has 0 bridgehead atoms. The number of carbonyl (C=O) groups excluding carboxylic acids is 1. The molecule has 1 amide bonds. The van der Waals surface area contributed by atoms with Crippen molar-refractivity contribution in [1.82, 2.24) is 15.3 Å². The van der Waals surface area contributed by atoms with Crippen LogP contribution in [-0.2, 0) is 17.5 Å². The molecule has 0 atom stereocenters. The Balaban J connectivity index is 2.17. The zero-order valence-corrected chi connectivity index (χ0v) is 11.8. The van der Waals surface area contributed by atoms with Crippen LogP contribution in [0.15, 0.2) is 36.7 Å². The summed E-state index contributed by atoms with van der Waals surface area (Å²) in [5.41, 5.74) is 0.879. The van der Waals surface area contributed by atoms with E-state index in [0.29, 0.717) is 23.4 Å². The summed E-state index contributed by atoms with van der Waals surface area (Å²) in [6.07, 6.45) is -1.70. The minimum atomic E-state index is -4.40. The number of hydrogen-bond donors (Lipinski definition) is 1. The molecule has 2 aromatic rings. The molecule has 0 aliphatic carbocycles. The number of alkyl halides is 3. The number of nitrogens with zero attached hydrogens (tertiary/aromatic N) is 2. The Morgan fingerprint density at radius 1 is 1.23 bits per heavy atom. The number of carbonyl (C=O) groups is 1. The Morgan fingerprint density at radius 3 is 2.59 bits per heavy atom. The van der Waals surface area contributed by atoms with Gasteiger partial charge >= 0.3 is 6.18 Å². The van der Waals surface area contributed by atoms with E-state index in [-0.39, 0.29) is 12.5 Å².